The summed E-state index contributed by atoms with van der Waals surface area (Å²) >= 11 is 0. The van der Waals surface area contributed by atoms with E-state index >= 15 is 0 Å². The van der Waals surface area contributed by atoms with Crippen molar-refractivity contribution in [3.63, 3.8) is 0 Å². The van der Waals surface area contributed by atoms with Gasteiger partial charge in [0.05, 0.1) is 5.92 Å². The fraction of sp³-hybridized carbons (Fsp3) is 0.364. The Labute approximate surface area is 87.7 Å². The van der Waals surface area contributed by atoms with E-state index in [1.54, 1.807) is 24.3 Å². The van der Waals surface area contributed by atoms with Gasteiger partial charge in [-0.1, -0.05) is 24.3 Å². The van der Waals surface area contributed by atoms with Gasteiger partial charge >= 0.3 is 5.97 Å². The lowest BCUT2D eigenvalue weighted by Gasteiger charge is -2.10. The molecule has 0 bridgehead atoms. The van der Waals surface area contributed by atoms with Crippen LogP contribution < -0.4 is 5.73 Å². The molecule has 0 radical (unpaired) electrons. The van der Waals surface area contributed by atoms with E-state index in [1.165, 1.54) is 6.92 Å². The molecule has 0 heterocycles. The summed E-state index contributed by atoms with van der Waals surface area (Å²) in [6.07, 6.45) is -1.04. The largest absolute Gasteiger partial charge is 0.481 e. The molecule has 1 rings (SSSR count). The summed E-state index contributed by atoms with van der Waals surface area (Å²) in [4.78, 5) is 10.8. The zero-order valence-electron chi connectivity index (χ0n) is 8.48. The number of aliphatic carboxylic acids is 1. The third-order valence-electron chi connectivity index (χ3n) is 2.33. The smallest absolute Gasteiger partial charge is 0.312 e. The van der Waals surface area contributed by atoms with Crippen molar-refractivity contribution >= 4 is 5.97 Å². The maximum atomic E-state index is 12.9. The minimum Gasteiger partial charge on any atom is -0.481 e. The van der Waals surface area contributed by atoms with Gasteiger partial charge in [0, 0.05) is 6.54 Å². The molecular weight excluding hydrogens is 197 g/mol. The summed E-state index contributed by atoms with van der Waals surface area (Å²) in [5.74, 6) is -1.67. The minimum absolute atomic E-state index is 0.0415. The van der Waals surface area contributed by atoms with Gasteiger partial charge in [0.15, 0.2) is 0 Å². The summed E-state index contributed by atoms with van der Waals surface area (Å²) in [6.45, 7) is 1.48. The van der Waals surface area contributed by atoms with Gasteiger partial charge in [-0.25, -0.2) is 4.39 Å². The second-order valence-electron chi connectivity index (χ2n) is 3.41. The average Bonchev–Trinajstić information content (AvgIpc) is 2.19. The van der Waals surface area contributed by atoms with Crippen LogP contribution in [0.4, 0.5) is 4.39 Å². The standard InChI is InChI=1S/C11H14FNO2/c1-7(12)8-2-4-9(5-3-8)10(6-13)11(14)15/h2-5,7,10H,6,13H2,1H3,(H,14,15). The molecule has 0 spiro atoms. The van der Waals surface area contributed by atoms with Crippen LogP contribution in [0.2, 0.25) is 0 Å². The van der Waals surface area contributed by atoms with E-state index in [9.17, 15) is 9.18 Å². The Morgan fingerprint density at radius 2 is 1.87 bits per heavy atom. The maximum Gasteiger partial charge on any atom is 0.312 e. The molecule has 0 amide bonds. The average molecular weight is 211 g/mol. The van der Waals surface area contributed by atoms with Crippen LogP contribution in [-0.4, -0.2) is 17.6 Å². The molecule has 0 saturated heterocycles. The lowest BCUT2D eigenvalue weighted by molar-refractivity contribution is -0.138. The van der Waals surface area contributed by atoms with Crippen LogP contribution in [0.3, 0.4) is 0 Å². The Hall–Kier alpha value is -1.42. The highest BCUT2D eigenvalue weighted by molar-refractivity contribution is 5.76. The molecule has 3 nitrogen and oxygen atoms in total. The number of carboxylic acid groups (broad SMARTS) is 1. The Bertz CT molecular complexity index is 335. The molecule has 0 aliphatic heterocycles. The number of nitrogens with two attached hydrogens (primary N) is 1. The third-order valence-corrected chi connectivity index (χ3v) is 2.33. The highest BCUT2D eigenvalue weighted by Crippen LogP contribution is 2.20. The van der Waals surface area contributed by atoms with Gasteiger partial charge in [0.2, 0.25) is 0 Å². The Balaban J connectivity index is 2.92. The number of rotatable bonds is 4. The van der Waals surface area contributed by atoms with Crippen LogP contribution in [-0.2, 0) is 4.79 Å². The number of halogens is 1. The molecular formula is C11H14FNO2. The first kappa shape index (κ1) is 11.7. The van der Waals surface area contributed by atoms with Gasteiger partial charge in [0.25, 0.3) is 0 Å². The molecule has 0 aliphatic carbocycles. The molecule has 0 aliphatic rings. The number of hydrogen-bond donors (Lipinski definition) is 2. The molecule has 4 heteroatoms. The zero-order chi connectivity index (χ0) is 11.4. The van der Waals surface area contributed by atoms with Crippen LogP contribution >= 0.6 is 0 Å². The quantitative estimate of drug-likeness (QED) is 0.798. The van der Waals surface area contributed by atoms with Gasteiger partial charge in [-0.3, -0.25) is 4.79 Å². The summed E-state index contributed by atoms with van der Waals surface area (Å²) in [5.41, 5.74) is 6.50. The highest BCUT2D eigenvalue weighted by Gasteiger charge is 2.17. The van der Waals surface area contributed by atoms with Crippen LogP contribution in [0.15, 0.2) is 24.3 Å². The lowest BCUT2D eigenvalue weighted by atomic mass is 9.97. The van der Waals surface area contributed by atoms with E-state index in [2.05, 4.69) is 0 Å². The molecule has 0 fully saturated rings. The topological polar surface area (TPSA) is 63.3 Å². The van der Waals surface area contributed by atoms with Gasteiger partial charge in [-0.15, -0.1) is 0 Å². The SMILES string of the molecule is CC(F)c1ccc(C(CN)C(=O)O)cc1. The van der Waals surface area contributed by atoms with E-state index in [1.807, 2.05) is 0 Å². The van der Waals surface area contributed by atoms with Crippen molar-refractivity contribution in [1.82, 2.24) is 0 Å². The third kappa shape index (κ3) is 2.76. The first-order chi connectivity index (χ1) is 7.06. The van der Waals surface area contributed by atoms with Gasteiger partial charge < -0.3 is 10.8 Å². The summed E-state index contributed by atoms with van der Waals surface area (Å²) < 4.78 is 12.9. The van der Waals surface area contributed by atoms with Gasteiger partial charge in [-0.05, 0) is 18.1 Å². The Morgan fingerprint density at radius 1 is 1.40 bits per heavy atom. The Morgan fingerprint density at radius 3 is 2.20 bits per heavy atom. The van der Waals surface area contributed by atoms with Crippen molar-refractivity contribution in [1.29, 1.82) is 0 Å². The Kier molecular flexibility index (Phi) is 3.80. The highest BCUT2D eigenvalue weighted by atomic mass is 19.1. The maximum absolute atomic E-state index is 12.9. The predicted molar refractivity (Wildman–Crippen MR) is 55.4 cm³/mol. The summed E-state index contributed by atoms with van der Waals surface area (Å²) in [5, 5.41) is 8.85. The molecule has 0 aromatic heterocycles. The van der Waals surface area contributed by atoms with Crippen molar-refractivity contribution in [2.45, 2.75) is 19.0 Å². The molecule has 82 valence electrons. The van der Waals surface area contributed by atoms with E-state index < -0.39 is 18.1 Å². The van der Waals surface area contributed by atoms with Crippen LogP contribution in [0.25, 0.3) is 0 Å². The summed E-state index contributed by atoms with van der Waals surface area (Å²) in [7, 11) is 0. The first-order valence-corrected chi connectivity index (χ1v) is 4.73. The number of carbonyl (C=O) groups is 1. The second kappa shape index (κ2) is 4.89. The van der Waals surface area contributed by atoms with Crippen LogP contribution in [0, 0.1) is 0 Å². The second-order valence-corrected chi connectivity index (χ2v) is 3.41. The molecule has 1 aromatic rings. The van der Waals surface area contributed by atoms with Crippen LogP contribution in [0.5, 0.6) is 0 Å². The monoisotopic (exact) mass is 211 g/mol. The molecule has 0 saturated carbocycles. The van der Waals surface area contributed by atoms with Gasteiger partial charge in [0.1, 0.15) is 6.17 Å². The number of alkyl halides is 1. The molecule has 3 N–H and O–H groups in total. The number of hydrogen-bond acceptors (Lipinski definition) is 2. The lowest BCUT2D eigenvalue weighted by Crippen LogP contribution is -2.21. The normalized spacial score (nSPS) is 14.6. The van der Waals surface area contributed by atoms with Crippen molar-refractivity contribution in [2.75, 3.05) is 6.54 Å². The van der Waals surface area contributed by atoms with E-state index in [-0.39, 0.29) is 6.54 Å². The fourth-order valence-electron chi connectivity index (χ4n) is 1.37. The van der Waals surface area contributed by atoms with Crippen molar-refractivity contribution in [2.24, 2.45) is 5.73 Å². The van der Waals surface area contributed by atoms with E-state index in [0.29, 0.717) is 11.1 Å². The van der Waals surface area contributed by atoms with Crippen molar-refractivity contribution < 1.29 is 14.3 Å². The van der Waals surface area contributed by atoms with E-state index in [0.717, 1.165) is 0 Å². The van der Waals surface area contributed by atoms with Gasteiger partial charge in [-0.2, -0.15) is 0 Å². The molecule has 2 atom stereocenters. The first-order valence-electron chi connectivity index (χ1n) is 4.73. The van der Waals surface area contributed by atoms with Crippen LogP contribution in [0.1, 0.15) is 30.1 Å². The molecule has 15 heavy (non-hydrogen) atoms. The van der Waals surface area contributed by atoms with E-state index in [4.69, 9.17) is 10.8 Å². The minimum atomic E-state index is -1.04. The molecule has 2 unspecified atom stereocenters. The predicted octanol–water partition coefficient (Wildman–Crippen LogP) is 1.84. The number of benzene rings is 1. The number of carboxylic acids is 1. The zero-order valence-corrected chi connectivity index (χ0v) is 8.48. The van der Waals surface area contributed by atoms with Crippen molar-refractivity contribution in [3.8, 4) is 0 Å². The summed E-state index contributed by atoms with van der Waals surface area (Å²) in [6, 6.07) is 6.39. The fourth-order valence-corrected chi connectivity index (χ4v) is 1.37. The van der Waals surface area contributed by atoms with Crippen molar-refractivity contribution in [3.05, 3.63) is 35.4 Å². The molecule has 1 aromatic carbocycles.